The molecule has 0 aliphatic carbocycles. The van der Waals surface area contributed by atoms with Crippen molar-refractivity contribution in [3.8, 4) is 5.88 Å². The topological polar surface area (TPSA) is 86.8 Å². The lowest BCUT2D eigenvalue weighted by Gasteiger charge is -2.01. The number of methoxy groups -OCH3 is 1. The van der Waals surface area contributed by atoms with Crippen LogP contribution in [0.4, 0.5) is 5.95 Å². The molecule has 78 valence electrons. The van der Waals surface area contributed by atoms with Gasteiger partial charge < -0.3 is 10.5 Å². The van der Waals surface area contributed by atoms with Crippen LogP contribution in [0, 0.1) is 0 Å². The quantitative estimate of drug-likeness (QED) is 0.804. The minimum absolute atomic E-state index is 0.182. The Balaban J connectivity index is 2.24. The summed E-state index contributed by atoms with van der Waals surface area (Å²) in [5.41, 5.74) is 7.17. The van der Waals surface area contributed by atoms with E-state index in [9.17, 15) is 0 Å². The van der Waals surface area contributed by atoms with E-state index in [1.54, 1.807) is 11.6 Å². The van der Waals surface area contributed by atoms with E-state index in [4.69, 9.17) is 10.5 Å². The second-order valence-corrected chi connectivity index (χ2v) is 4.51. The molecule has 6 nitrogen and oxygen atoms in total. The molecule has 0 aliphatic rings. The van der Waals surface area contributed by atoms with Gasteiger partial charge in [-0.3, -0.25) is 0 Å². The van der Waals surface area contributed by atoms with E-state index in [1.165, 1.54) is 30.2 Å². The van der Waals surface area contributed by atoms with Crippen molar-refractivity contribution in [1.82, 2.24) is 20.2 Å². The molecule has 0 unspecified atom stereocenters. The largest absolute Gasteiger partial charge is 0.481 e. The second-order valence-electron chi connectivity index (χ2n) is 2.41. The Bertz CT molecular complexity index is 447. The number of nitrogens with two attached hydrogens (primary N) is 1. The van der Waals surface area contributed by atoms with E-state index in [-0.39, 0.29) is 5.95 Å². The van der Waals surface area contributed by atoms with Crippen LogP contribution in [0.2, 0.25) is 0 Å². The fraction of sp³-hybridized carbons (Fsp3) is 0.143. The van der Waals surface area contributed by atoms with Crippen molar-refractivity contribution in [2.75, 3.05) is 12.8 Å². The molecule has 0 bridgehead atoms. The van der Waals surface area contributed by atoms with E-state index < -0.39 is 0 Å². The first-order chi connectivity index (χ1) is 7.28. The van der Waals surface area contributed by atoms with Crippen molar-refractivity contribution in [3.05, 3.63) is 11.6 Å². The van der Waals surface area contributed by atoms with Gasteiger partial charge in [-0.15, -0.1) is 10.2 Å². The molecule has 0 aromatic carbocycles. The fourth-order valence-electron chi connectivity index (χ4n) is 0.875. The van der Waals surface area contributed by atoms with Crippen LogP contribution < -0.4 is 10.5 Å². The summed E-state index contributed by atoms with van der Waals surface area (Å²) in [5, 5.41) is 8.30. The van der Waals surface area contributed by atoms with Crippen LogP contribution in [0.15, 0.2) is 20.9 Å². The molecule has 0 aliphatic heterocycles. The van der Waals surface area contributed by atoms with Gasteiger partial charge in [-0.25, -0.2) is 4.98 Å². The van der Waals surface area contributed by atoms with Gasteiger partial charge in [0, 0.05) is 6.07 Å². The number of nitrogens with zero attached hydrogens (tertiary/aromatic N) is 4. The maximum absolute atomic E-state index is 5.52. The van der Waals surface area contributed by atoms with Gasteiger partial charge in [-0.1, -0.05) is 11.3 Å². The minimum Gasteiger partial charge on any atom is -0.481 e. The second kappa shape index (κ2) is 4.41. The van der Waals surface area contributed by atoms with Crippen LogP contribution in [0.3, 0.4) is 0 Å². The van der Waals surface area contributed by atoms with E-state index in [0.29, 0.717) is 10.9 Å². The van der Waals surface area contributed by atoms with Gasteiger partial charge in [0.05, 0.1) is 7.11 Å². The Morgan fingerprint density at radius 2 is 2.33 bits per heavy atom. The van der Waals surface area contributed by atoms with Crippen molar-refractivity contribution in [2.45, 2.75) is 9.37 Å². The van der Waals surface area contributed by atoms with Crippen LogP contribution >= 0.6 is 23.1 Å². The summed E-state index contributed by atoms with van der Waals surface area (Å²) in [5.74, 6) is 0.621. The SMILES string of the molecule is COc1cc(Sc2nncs2)nc(N)n1. The van der Waals surface area contributed by atoms with Gasteiger partial charge in [-0.2, -0.15) is 4.98 Å². The van der Waals surface area contributed by atoms with Crippen LogP contribution in [0.25, 0.3) is 0 Å². The Morgan fingerprint density at radius 3 is 3.00 bits per heavy atom. The third-order valence-electron chi connectivity index (χ3n) is 1.44. The molecule has 2 rings (SSSR count). The van der Waals surface area contributed by atoms with Crippen molar-refractivity contribution in [2.24, 2.45) is 0 Å². The summed E-state index contributed by atoms with van der Waals surface area (Å²) < 4.78 is 5.78. The Labute approximate surface area is 93.9 Å². The van der Waals surface area contributed by atoms with Gasteiger partial charge in [0.2, 0.25) is 11.8 Å². The molecule has 0 saturated heterocycles. The Kier molecular flexibility index (Phi) is 2.97. The zero-order chi connectivity index (χ0) is 10.7. The molecule has 0 radical (unpaired) electrons. The van der Waals surface area contributed by atoms with Crippen LogP contribution in [-0.2, 0) is 0 Å². The molecule has 0 atom stereocenters. The monoisotopic (exact) mass is 241 g/mol. The lowest BCUT2D eigenvalue weighted by Crippen LogP contribution is -1.98. The molecular weight excluding hydrogens is 234 g/mol. The van der Waals surface area contributed by atoms with E-state index in [0.717, 1.165) is 4.34 Å². The zero-order valence-electron chi connectivity index (χ0n) is 7.75. The van der Waals surface area contributed by atoms with Crippen molar-refractivity contribution < 1.29 is 4.74 Å². The van der Waals surface area contributed by atoms with Crippen molar-refractivity contribution >= 4 is 29.0 Å². The van der Waals surface area contributed by atoms with E-state index in [1.807, 2.05) is 0 Å². The Hall–Kier alpha value is -1.41. The average Bonchev–Trinajstić information content (AvgIpc) is 2.69. The standard InChI is InChI=1S/C7H7N5OS2/c1-13-4-2-5(11-6(8)10-4)15-7-12-9-3-14-7/h2-3H,1H3,(H2,8,10,11). The third kappa shape index (κ3) is 2.54. The lowest BCUT2D eigenvalue weighted by molar-refractivity contribution is 0.396. The molecule has 0 saturated carbocycles. The van der Waals surface area contributed by atoms with Crippen LogP contribution in [0.5, 0.6) is 5.88 Å². The first-order valence-corrected chi connectivity index (χ1v) is 5.60. The molecule has 0 amide bonds. The number of hydrogen-bond donors (Lipinski definition) is 1. The summed E-state index contributed by atoms with van der Waals surface area (Å²) >= 11 is 2.81. The predicted molar refractivity (Wildman–Crippen MR) is 57.0 cm³/mol. The summed E-state index contributed by atoms with van der Waals surface area (Å²) in [4.78, 5) is 7.93. The Morgan fingerprint density at radius 1 is 1.47 bits per heavy atom. The number of anilines is 1. The van der Waals surface area contributed by atoms with E-state index in [2.05, 4.69) is 20.2 Å². The van der Waals surface area contributed by atoms with E-state index >= 15 is 0 Å². The first-order valence-electron chi connectivity index (χ1n) is 3.90. The first kappa shape index (κ1) is 10.1. The van der Waals surface area contributed by atoms with Gasteiger partial charge in [0.25, 0.3) is 0 Å². The van der Waals surface area contributed by atoms with Gasteiger partial charge >= 0.3 is 0 Å². The average molecular weight is 241 g/mol. The highest BCUT2D eigenvalue weighted by atomic mass is 32.2. The molecule has 2 heterocycles. The third-order valence-corrected chi connectivity index (χ3v) is 3.13. The predicted octanol–water partition coefficient (Wildman–Crippen LogP) is 1.07. The maximum atomic E-state index is 5.52. The van der Waals surface area contributed by atoms with Crippen LogP contribution in [-0.4, -0.2) is 27.3 Å². The highest BCUT2D eigenvalue weighted by Crippen LogP contribution is 2.28. The van der Waals surface area contributed by atoms with Gasteiger partial charge in [0.1, 0.15) is 10.5 Å². The smallest absolute Gasteiger partial charge is 0.224 e. The normalized spacial score (nSPS) is 10.2. The summed E-state index contributed by atoms with van der Waals surface area (Å²) in [6.45, 7) is 0. The minimum atomic E-state index is 0.182. The summed E-state index contributed by atoms with van der Waals surface area (Å²) in [6, 6.07) is 1.70. The molecular formula is C7H7N5OS2. The number of hydrogen-bond acceptors (Lipinski definition) is 8. The number of aromatic nitrogens is 4. The fourth-order valence-corrected chi connectivity index (χ4v) is 2.30. The lowest BCUT2D eigenvalue weighted by atomic mass is 10.6. The molecule has 2 aromatic rings. The maximum Gasteiger partial charge on any atom is 0.224 e. The highest BCUT2D eigenvalue weighted by molar-refractivity contribution is 8.00. The van der Waals surface area contributed by atoms with Gasteiger partial charge in [0.15, 0.2) is 4.34 Å². The molecule has 8 heteroatoms. The van der Waals surface area contributed by atoms with Gasteiger partial charge in [-0.05, 0) is 11.8 Å². The molecule has 2 N–H and O–H groups in total. The molecule has 15 heavy (non-hydrogen) atoms. The molecule has 0 fully saturated rings. The molecule has 2 aromatic heterocycles. The number of rotatable bonds is 3. The van der Waals surface area contributed by atoms with Crippen LogP contribution in [0.1, 0.15) is 0 Å². The summed E-state index contributed by atoms with van der Waals surface area (Å²) in [7, 11) is 1.53. The zero-order valence-corrected chi connectivity index (χ0v) is 9.38. The number of nitrogen functional groups attached to an aromatic ring is 1. The summed E-state index contributed by atoms with van der Waals surface area (Å²) in [6.07, 6.45) is 0. The van der Waals surface area contributed by atoms with Crippen molar-refractivity contribution in [1.29, 1.82) is 0 Å². The molecule has 0 spiro atoms. The number of ether oxygens (including phenoxy) is 1. The highest BCUT2D eigenvalue weighted by Gasteiger charge is 2.06. The van der Waals surface area contributed by atoms with Crippen molar-refractivity contribution in [3.63, 3.8) is 0 Å².